The van der Waals surface area contributed by atoms with Gasteiger partial charge in [-0.1, -0.05) is 28.1 Å². The lowest BCUT2D eigenvalue weighted by atomic mass is 9.99. The van der Waals surface area contributed by atoms with Crippen molar-refractivity contribution in [3.05, 3.63) is 111 Å². The minimum atomic E-state index is -0.780. The van der Waals surface area contributed by atoms with Crippen LogP contribution in [-0.4, -0.2) is 38.9 Å². The van der Waals surface area contributed by atoms with Gasteiger partial charge in [-0.2, -0.15) is 0 Å². The number of phenolic OH excluding ortho intramolecular Hbond substituents is 2. The van der Waals surface area contributed by atoms with E-state index in [2.05, 4.69) is 26.2 Å². The van der Waals surface area contributed by atoms with E-state index in [9.17, 15) is 19.8 Å². The van der Waals surface area contributed by atoms with Gasteiger partial charge < -0.3 is 30.6 Å². The molecule has 0 bridgehead atoms. The van der Waals surface area contributed by atoms with Gasteiger partial charge >= 0.3 is 0 Å². The van der Waals surface area contributed by atoms with Crippen LogP contribution in [0.5, 0.6) is 11.5 Å². The smallest absolute Gasteiger partial charge is 0.261 e. The number of nitrogens with two attached hydrogens (primary N) is 1. The molecule has 1 amide bonds. The maximum atomic E-state index is 15.6. The minimum absolute atomic E-state index is 0.0287. The molecule has 12 heteroatoms. The molecule has 2 aromatic heterocycles. The lowest BCUT2D eigenvalue weighted by Crippen LogP contribution is -2.27. The van der Waals surface area contributed by atoms with Gasteiger partial charge in [0.1, 0.15) is 23.0 Å². The second kappa shape index (κ2) is 13.3. The van der Waals surface area contributed by atoms with Crippen molar-refractivity contribution in [2.45, 2.75) is 19.4 Å². The number of anilines is 2. The van der Waals surface area contributed by atoms with Crippen molar-refractivity contribution in [2.24, 2.45) is 5.92 Å². The van der Waals surface area contributed by atoms with E-state index in [4.69, 9.17) is 10.5 Å². The molecule has 0 saturated carbocycles. The van der Waals surface area contributed by atoms with Crippen molar-refractivity contribution < 1.29 is 28.5 Å². The number of carbonyl (C=O) groups is 1. The summed E-state index contributed by atoms with van der Waals surface area (Å²) in [5, 5.41) is 22.1. The standard InChI is InChI=1S/C35H29BrF2N4O5/c36-22-2-4-25(29(37)13-22)27-17-42(16-19-7-9-47-10-8-19)18-28(33(27)45)35(46)41-23-3-5-24(30(38)14-23)26-11-21(15-40-34(26)39)20-1-6-31(43)32(44)12-20/h1-6,11-15,17-19,43-44H,7-10,16H2,(H2,39,40)(H,41,46). The Bertz CT molecular complexity index is 2060. The monoisotopic (exact) mass is 702 g/mol. The zero-order valence-electron chi connectivity index (χ0n) is 24.8. The average molecular weight is 704 g/mol. The molecule has 3 heterocycles. The molecule has 0 atom stereocenters. The van der Waals surface area contributed by atoms with E-state index in [0.717, 1.165) is 18.9 Å². The van der Waals surface area contributed by atoms with Crippen LogP contribution in [0.25, 0.3) is 33.4 Å². The van der Waals surface area contributed by atoms with Crippen molar-refractivity contribution >= 4 is 33.3 Å². The van der Waals surface area contributed by atoms with Crippen molar-refractivity contribution in [3.63, 3.8) is 0 Å². The molecule has 1 aliphatic heterocycles. The van der Waals surface area contributed by atoms with E-state index in [-0.39, 0.29) is 56.7 Å². The van der Waals surface area contributed by atoms with Crippen LogP contribution in [-0.2, 0) is 11.3 Å². The van der Waals surface area contributed by atoms with Crippen LogP contribution >= 0.6 is 15.9 Å². The van der Waals surface area contributed by atoms with Crippen molar-refractivity contribution in [1.82, 2.24) is 9.55 Å². The Hall–Kier alpha value is -5.07. The first-order valence-corrected chi connectivity index (χ1v) is 15.5. The quantitative estimate of drug-likeness (QED) is 0.135. The van der Waals surface area contributed by atoms with E-state index in [1.165, 1.54) is 48.8 Å². The van der Waals surface area contributed by atoms with E-state index in [1.807, 2.05) is 0 Å². The molecule has 6 rings (SSSR count). The molecule has 3 aromatic carbocycles. The summed E-state index contributed by atoms with van der Waals surface area (Å²) in [5.41, 5.74) is 6.77. The molecule has 0 unspecified atom stereocenters. The lowest BCUT2D eigenvalue weighted by Gasteiger charge is -2.23. The Kier molecular flexibility index (Phi) is 9.06. The van der Waals surface area contributed by atoms with E-state index in [1.54, 1.807) is 29.0 Å². The Morgan fingerprint density at radius 3 is 2.36 bits per heavy atom. The van der Waals surface area contributed by atoms with Crippen LogP contribution in [0.15, 0.2) is 88.5 Å². The first-order chi connectivity index (χ1) is 22.6. The summed E-state index contributed by atoms with van der Waals surface area (Å²) in [6, 6.07) is 14.2. The lowest BCUT2D eigenvalue weighted by molar-refractivity contribution is 0.0612. The van der Waals surface area contributed by atoms with Crippen LogP contribution in [0.4, 0.5) is 20.3 Å². The number of halogens is 3. The fourth-order valence-electron chi connectivity index (χ4n) is 5.59. The second-order valence-electron chi connectivity index (χ2n) is 11.3. The molecule has 1 fully saturated rings. The maximum Gasteiger partial charge on any atom is 0.261 e. The number of hydrogen-bond donors (Lipinski definition) is 4. The SMILES string of the molecule is Nc1ncc(-c2ccc(O)c(O)c2)cc1-c1ccc(NC(=O)c2cn(CC3CCOCC3)cc(-c3ccc(Br)cc3F)c2=O)cc1F. The van der Waals surface area contributed by atoms with Gasteiger partial charge in [-0.15, -0.1) is 0 Å². The summed E-state index contributed by atoms with van der Waals surface area (Å²) < 4.78 is 38.3. The molecule has 9 nitrogen and oxygen atoms in total. The normalized spacial score (nSPS) is 13.4. The van der Waals surface area contributed by atoms with E-state index < -0.39 is 23.0 Å². The maximum absolute atomic E-state index is 15.6. The van der Waals surface area contributed by atoms with Gasteiger partial charge in [0, 0.05) is 76.3 Å². The third-order valence-electron chi connectivity index (χ3n) is 8.10. The molecular formula is C35H29BrF2N4O5. The number of nitrogens with one attached hydrogen (secondary N) is 1. The predicted molar refractivity (Wildman–Crippen MR) is 178 cm³/mol. The fourth-order valence-corrected chi connectivity index (χ4v) is 5.92. The first kappa shape index (κ1) is 31.9. The number of benzene rings is 3. The highest BCUT2D eigenvalue weighted by Gasteiger charge is 2.22. The van der Waals surface area contributed by atoms with Crippen LogP contribution < -0.4 is 16.5 Å². The number of rotatable bonds is 7. The minimum Gasteiger partial charge on any atom is -0.504 e. The molecule has 0 aliphatic carbocycles. The molecule has 5 N–H and O–H groups in total. The molecule has 240 valence electrons. The third-order valence-corrected chi connectivity index (χ3v) is 8.59. The van der Waals surface area contributed by atoms with Crippen molar-refractivity contribution in [2.75, 3.05) is 24.3 Å². The largest absolute Gasteiger partial charge is 0.504 e. The fraction of sp³-hybridized carbons (Fsp3) is 0.171. The zero-order valence-corrected chi connectivity index (χ0v) is 26.4. The summed E-state index contributed by atoms with van der Waals surface area (Å²) in [4.78, 5) is 31.3. The van der Waals surface area contributed by atoms with Crippen molar-refractivity contribution in [1.29, 1.82) is 0 Å². The topological polar surface area (TPSA) is 140 Å². The van der Waals surface area contributed by atoms with Crippen molar-refractivity contribution in [3.8, 4) is 44.9 Å². The molecule has 0 radical (unpaired) electrons. The molecular weight excluding hydrogens is 674 g/mol. The number of ether oxygens (including phenoxy) is 1. The number of phenols is 2. The molecule has 1 saturated heterocycles. The number of aromatic nitrogens is 2. The molecule has 1 aliphatic rings. The highest BCUT2D eigenvalue weighted by molar-refractivity contribution is 9.10. The number of nitrogens with zero attached hydrogens (tertiary/aromatic N) is 2. The molecule has 0 spiro atoms. The van der Waals surface area contributed by atoms with Gasteiger partial charge in [-0.05, 0) is 72.9 Å². The van der Waals surface area contributed by atoms with Crippen LogP contribution in [0.1, 0.15) is 23.2 Å². The van der Waals surface area contributed by atoms with Crippen LogP contribution in [0, 0.1) is 17.6 Å². The van der Waals surface area contributed by atoms with Gasteiger partial charge in [0.2, 0.25) is 5.43 Å². The second-order valence-corrected chi connectivity index (χ2v) is 12.2. The van der Waals surface area contributed by atoms with E-state index >= 15 is 8.78 Å². The number of carbonyl (C=O) groups excluding carboxylic acids is 1. The Morgan fingerprint density at radius 1 is 0.915 bits per heavy atom. The Morgan fingerprint density at radius 2 is 1.64 bits per heavy atom. The predicted octanol–water partition coefficient (Wildman–Crippen LogP) is 6.96. The highest BCUT2D eigenvalue weighted by atomic mass is 79.9. The Balaban J connectivity index is 1.31. The first-order valence-electron chi connectivity index (χ1n) is 14.7. The van der Waals surface area contributed by atoms with Gasteiger partial charge in [0.15, 0.2) is 11.5 Å². The summed E-state index contributed by atoms with van der Waals surface area (Å²) in [5.74, 6) is -2.44. The zero-order chi connectivity index (χ0) is 33.2. The van der Waals surface area contributed by atoms with Gasteiger partial charge in [0.25, 0.3) is 5.91 Å². The summed E-state index contributed by atoms with van der Waals surface area (Å²) in [7, 11) is 0. The van der Waals surface area contributed by atoms with E-state index in [0.29, 0.717) is 35.4 Å². The molecule has 47 heavy (non-hydrogen) atoms. The Labute approximate surface area is 276 Å². The van der Waals surface area contributed by atoms with Gasteiger partial charge in [0.05, 0.1) is 0 Å². The van der Waals surface area contributed by atoms with Gasteiger partial charge in [-0.3, -0.25) is 9.59 Å². The molecule has 5 aromatic rings. The third kappa shape index (κ3) is 6.88. The summed E-state index contributed by atoms with van der Waals surface area (Å²) in [6.45, 7) is 1.72. The highest BCUT2D eigenvalue weighted by Crippen LogP contribution is 2.35. The number of aromatic hydroxyl groups is 2. The van der Waals surface area contributed by atoms with Gasteiger partial charge in [-0.25, -0.2) is 13.8 Å². The summed E-state index contributed by atoms with van der Waals surface area (Å²) >= 11 is 3.23. The summed E-state index contributed by atoms with van der Waals surface area (Å²) in [6.07, 6.45) is 6.07. The number of nitrogen functional groups attached to an aromatic ring is 1. The number of pyridine rings is 2. The average Bonchev–Trinajstić information content (AvgIpc) is 3.04. The number of amides is 1. The van der Waals surface area contributed by atoms with Crippen LogP contribution in [0.3, 0.4) is 0 Å². The number of hydrogen-bond acceptors (Lipinski definition) is 7. The van der Waals surface area contributed by atoms with Crippen LogP contribution in [0.2, 0.25) is 0 Å².